The summed E-state index contributed by atoms with van der Waals surface area (Å²) in [7, 11) is 0. The summed E-state index contributed by atoms with van der Waals surface area (Å²) in [5.41, 5.74) is 0.882. The molecule has 0 aromatic carbocycles. The van der Waals surface area contributed by atoms with E-state index in [4.69, 9.17) is 0 Å². The van der Waals surface area contributed by atoms with Crippen LogP contribution in [0.25, 0.3) is 0 Å². The molecule has 0 bridgehead atoms. The molecule has 0 amide bonds. The fourth-order valence-corrected chi connectivity index (χ4v) is 2.08. The summed E-state index contributed by atoms with van der Waals surface area (Å²) in [6.45, 7) is 7.21. The maximum Gasteiger partial charge on any atom is 0.135 e. The Morgan fingerprint density at radius 3 is 2.42 bits per heavy atom. The molecule has 1 fully saturated rings. The van der Waals surface area contributed by atoms with Crippen molar-refractivity contribution in [1.29, 1.82) is 0 Å². The number of anilines is 2. The smallest absolute Gasteiger partial charge is 0.135 e. The van der Waals surface area contributed by atoms with Crippen LogP contribution in [0, 0.1) is 6.92 Å². The number of nitrogens with one attached hydrogen (secondary N) is 2. The molecular weight excluding hydrogens is 240 g/mol. The molecule has 1 aliphatic rings. The fraction of sp³-hybridized carbons (Fsp3) is 0.714. The van der Waals surface area contributed by atoms with E-state index in [9.17, 15) is 5.11 Å². The zero-order valence-electron chi connectivity index (χ0n) is 12.1. The van der Waals surface area contributed by atoms with E-state index < -0.39 is 0 Å². The summed E-state index contributed by atoms with van der Waals surface area (Å²) in [4.78, 5) is 9.17. The Balaban J connectivity index is 2.28. The van der Waals surface area contributed by atoms with Crippen LogP contribution in [0.1, 0.15) is 44.5 Å². The summed E-state index contributed by atoms with van der Waals surface area (Å²) in [6, 6.07) is 0. The highest BCUT2D eigenvalue weighted by molar-refractivity contribution is 5.59. The highest BCUT2D eigenvalue weighted by Gasteiger charge is 2.42. The molecule has 106 valence electrons. The molecule has 5 heteroatoms. The second-order valence-electron chi connectivity index (χ2n) is 5.31. The van der Waals surface area contributed by atoms with E-state index in [1.807, 2.05) is 6.92 Å². The average Bonchev–Trinajstić information content (AvgIpc) is 3.16. The lowest BCUT2D eigenvalue weighted by Gasteiger charge is -2.19. The van der Waals surface area contributed by atoms with Gasteiger partial charge in [0.25, 0.3) is 0 Å². The molecule has 0 atom stereocenters. The Hall–Kier alpha value is -1.36. The predicted octanol–water partition coefficient (Wildman–Crippen LogP) is 2.11. The molecule has 0 radical (unpaired) electrons. The van der Waals surface area contributed by atoms with E-state index in [1.54, 1.807) is 0 Å². The van der Waals surface area contributed by atoms with Gasteiger partial charge in [0.05, 0.1) is 12.1 Å². The van der Waals surface area contributed by atoms with Gasteiger partial charge in [0, 0.05) is 18.5 Å². The van der Waals surface area contributed by atoms with Gasteiger partial charge >= 0.3 is 0 Å². The number of rotatable bonds is 7. The molecule has 1 aromatic rings. The van der Waals surface area contributed by atoms with Crippen molar-refractivity contribution in [3.05, 3.63) is 11.4 Å². The first-order valence-corrected chi connectivity index (χ1v) is 7.14. The second kappa shape index (κ2) is 5.74. The normalized spacial score (nSPS) is 16.2. The number of aliphatic hydroxyl groups excluding tert-OH is 1. The van der Waals surface area contributed by atoms with Crippen molar-refractivity contribution in [3.8, 4) is 0 Å². The predicted molar refractivity (Wildman–Crippen MR) is 77.6 cm³/mol. The van der Waals surface area contributed by atoms with Gasteiger partial charge in [-0.15, -0.1) is 0 Å². The van der Waals surface area contributed by atoms with Gasteiger partial charge < -0.3 is 15.7 Å². The maximum atomic E-state index is 9.43. The van der Waals surface area contributed by atoms with Gasteiger partial charge in [-0.1, -0.05) is 6.92 Å². The van der Waals surface area contributed by atoms with Crippen LogP contribution in [0.2, 0.25) is 0 Å². The Morgan fingerprint density at radius 2 is 1.89 bits per heavy atom. The molecule has 1 saturated carbocycles. The minimum absolute atomic E-state index is 0.147. The number of nitrogens with zero attached hydrogens (tertiary/aromatic N) is 2. The quantitative estimate of drug-likeness (QED) is 0.703. The van der Waals surface area contributed by atoms with Crippen LogP contribution >= 0.6 is 0 Å². The molecule has 1 heterocycles. The molecule has 0 aliphatic heterocycles. The second-order valence-corrected chi connectivity index (χ2v) is 5.31. The lowest BCUT2D eigenvalue weighted by Crippen LogP contribution is -2.27. The van der Waals surface area contributed by atoms with Gasteiger partial charge in [-0.05, 0) is 33.1 Å². The van der Waals surface area contributed by atoms with E-state index >= 15 is 0 Å². The zero-order chi connectivity index (χ0) is 13.9. The van der Waals surface area contributed by atoms with Crippen LogP contribution in [-0.2, 0) is 6.42 Å². The van der Waals surface area contributed by atoms with E-state index in [0.29, 0.717) is 0 Å². The summed E-state index contributed by atoms with van der Waals surface area (Å²) in [5, 5.41) is 16.1. The zero-order valence-corrected chi connectivity index (χ0v) is 12.1. The molecule has 5 nitrogen and oxygen atoms in total. The molecule has 19 heavy (non-hydrogen) atoms. The first-order valence-electron chi connectivity index (χ1n) is 7.14. The SMILES string of the molecule is CCCc1nc(NCC)c(C)c(NC2(CO)CC2)n1. The number of hydrogen-bond donors (Lipinski definition) is 3. The Kier molecular flexibility index (Phi) is 4.24. The number of aromatic nitrogens is 2. The maximum absolute atomic E-state index is 9.43. The molecule has 1 aliphatic carbocycles. The lowest BCUT2D eigenvalue weighted by molar-refractivity contribution is 0.266. The summed E-state index contributed by atoms with van der Waals surface area (Å²) in [5.74, 6) is 2.62. The van der Waals surface area contributed by atoms with Gasteiger partial charge in [0.15, 0.2) is 0 Å². The van der Waals surface area contributed by atoms with E-state index in [-0.39, 0.29) is 12.1 Å². The average molecular weight is 264 g/mol. The minimum Gasteiger partial charge on any atom is -0.394 e. The number of aryl methyl sites for hydroxylation is 1. The van der Waals surface area contributed by atoms with Crippen molar-refractivity contribution >= 4 is 11.6 Å². The first-order chi connectivity index (χ1) is 9.14. The molecule has 3 N–H and O–H groups in total. The summed E-state index contributed by atoms with van der Waals surface area (Å²) in [6.07, 6.45) is 3.91. The first kappa shape index (κ1) is 14.1. The monoisotopic (exact) mass is 264 g/mol. The third-order valence-corrected chi connectivity index (χ3v) is 3.55. The van der Waals surface area contributed by atoms with Crippen molar-refractivity contribution in [2.24, 2.45) is 0 Å². The highest BCUT2D eigenvalue weighted by Crippen LogP contribution is 2.39. The number of hydrogen-bond acceptors (Lipinski definition) is 5. The summed E-state index contributed by atoms with van der Waals surface area (Å²) >= 11 is 0. The van der Waals surface area contributed by atoms with Gasteiger partial charge in [-0.3, -0.25) is 0 Å². The summed E-state index contributed by atoms with van der Waals surface area (Å²) < 4.78 is 0. The molecular formula is C14H24N4O. The minimum atomic E-state index is -0.147. The highest BCUT2D eigenvalue weighted by atomic mass is 16.3. The van der Waals surface area contributed by atoms with E-state index in [1.165, 1.54) is 0 Å². The van der Waals surface area contributed by atoms with Crippen LogP contribution < -0.4 is 10.6 Å². The Bertz CT molecular complexity index is 443. The van der Waals surface area contributed by atoms with E-state index in [0.717, 1.165) is 55.3 Å². The van der Waals surface area contributed by atoms with Crippen molar-refractivity contribution in [2.45, 2.75) is 52.0 Å². The molecule has 1 aromatic heterocycles. The van der Waals surface area contributed by atoms with Crippen LogP contribution in [0.4, 0.5) is 11.6 Å². The fourth-order valence-electron chi connectivity index (χ4n) is 2.08. The number of aliphatic hydroxyl groups is 1. The Morgan fingerprint density at radius 1 is 1.21 bits per heavy atom. The van der Waals surface area contributed by atoms with Crippen molar-refractivity contribution in [1.82, 2.24) is 9.97 Å². The van der Waals surface area contributed by atoms with Crippen molar-refractivity contribution in [3.63, 3.8) is 0 Å². The van der Waals surface area contributed by atoms with Crippen LogP contribution in [0.5, 0.6) is 0 Å². The van der Waals surface area contributed by atoms with Gasteiger partial charge in [0.2, 0.25) is 0 Å². The van der Waals surface area contributed by atoms with E-state index in [2.05, 4.69) is 34.4 Å². The largest absolute Gasteiger partial charge is 0.394 e. The van der Waals surface area contributed by atoms with Gasteiger partial charge in [-0.2, -0.15) is 0 Å². The lowest BCUT2D eigenvalue weighted by atomic mass is 10.2. The topological polar surface area (TPSA) is 70.1 Å². The van der Waals surface area contributed by atoms with Crippen LogP contribution in [-0.4, -0.2) is 33.8 Å². The molecule has 0 unspecified atom stereocenters. The van der Waals surface area contributed by atoms with Crippen molar-refractivity contribution < 1.29 is 5.11 Å². The Labute approximate surface area is 114 Å². The molecule has 0 saturated heterocycles. The third kappa shape index (κ3) is 3.15. The molecule has 0 spiro atoms. The van der Waals surface area contributed by atoms with Gasteiger partial charge in [-0.25, -0.2) is 9.97 Å². The standard InChI is InChI=1S/C14H24N4O/c1-4-6-11-16-12(15-5-2)10(3)13(17-11)18-14(9-19)7-8-14/h19H,4-9H2,1-3H3,(H2,15,16,17,18). The van der Waals surface area contributed by atoms with Crippen LogP contribution in [0.3, 0.4) is 0 Å². The third-order valence-electron chi connectivity index (χ3n) is 3.55. The molecule has 2 rings (SSSR count). The van der Waals surface area contributed by atoms with Gasteiger partial charge in [0.1, 0.15) is 17.5 Å². The van der Waals surface area contributed by atoms with Crippen LogP contribution in [0.15, 0.2) is 0 Å². The van der Waals surface area contributed by atoms with Crippen molar-refractivity contribution in [2.75, 3.05) is 23.8 Å².